The molecule has 0 spiro atoms. The van der Waals surface area contributed by atoms with E-state index in [0.717, 1.165) is 32.1 Å². The van der Waals surface area contributed by atoms with Crippen molar-refractivity contribution in [1.82, 2.24) is 4.57 Å². The van der Waals surface area contributed by atoms with E-state index in [1.807, 2.05) is 78.9 Å². The molecular weight excluding hydrogens is 444 g/mol. The summed E-state index contributed by atoms with van der Waals surface area (Å²) >= 11 is 1.40. The van der Waals surface area contributed by atoms with E-state index in [1.165, 1.54) is 11.3 Å². The fourth-order valence-electron chi connectivity index (χ4n) is 3.96. The van der Waals surface area contributed by atoms with Crippen molar-refractivity contribution in [2.75, 3.05) is 6.61 Å². The second kappa shape index (κ2) is 9.45. The number of nitrogens with zero attached hydrogens (tertiary/aromatic N) is 2. The van der Waals surface area contributed by atoms with Gasteiger partial charge in [-0.1, -0.05) is 84.1 Å². The van der Waals surface area contributed by atoms with Crippen LogP contribution in [0, 0.1) is 0 Å². The zero-order valence-electron chi connectivity index (χ0n) is 18.6. The molecule has 168 valence electrons. The second-order valence-corrected chi connectivity index (χ2v) is 8.75. The molecule has 0 atom stereocenters. The molecule has 0 radical (unpaired) electrons. The Bertz CT molecular complexity index is 1560. The van der Waals surface area contributed by atoms with Crippen LogP contribution in [0.25, 0.3) is 32.1 Å². The van der Waals surface area contributed by atoms with Gasteiger partial charge in [-0.05, 0) is 41.6 Å². The minimum absolute atomic E-state index is 0.00869. The van der Waals surface area contributed by atoms with Crippen LogP contribution in [-0.4, -0.2) is 23.1 Å². The Hall–Kier alpha value is -4.03. The maximum Gasteiger partial charge on any atom is 0.326 e. The number of esters is 1. The Morgan fingerprint density at radius 3 is 2.32 bits per heavy atom. The molecule has 1 amide bonds. The molecule has 1 heterocycles. The van der Waals surface area contributed by atoms with E-state index < -0.39 is 0 Å². The summed E-state index contributed by atoms with van der Waals surface area (Å²) < 4.78 is 7.91. The molecule has 0 aliphatic rings. The van der Waals surface area contributed by atoms with Gasteiger partial charge >= 0.3 is 5.97 Å². The summed E-state index contributed by atoms with van der Waals surface area (Å²) in [5.41, 5.74) is 3.46. The number of carbonyl (C=O) groups excluding carboxylic acids is 2. The highest BCUT2D eigenvalue weighted by atomic mass is 32.1. The van der Waals surface area contributed by atoms with Gasteiger partial charge in [0.25, 0.3) is 5.91 Å². The minimum atomic E-state index is -0.364. The smallest absolute Gasteiger partial charge is 0.326 e. The predicted molar refractivity (Wildman–Crippen MR) is 136 cm³/mol. The van der Waals surface area contributed by atoms with Gasteiger partial charge in [-0.25, -0.2) is 0 Å². The van der Waals surface area contributed by atoms with Gasteiger partial charge in [0.1, 0.15) is 6.54 Å². The maximum absolute atomic E-state index is 13.1. The molecule has 0 N–H and O–H groups in total. The van der Waals surface area contributed by atoms with E-state index >= 15 is 0 Å². The Morgan fingerprint density at radius 1 is 0.853 bits per heavy atom. The molecule has 5 nitrogen and oxygen atoms in total. The van der Waals surface area contributed by atoms with Gasteiger partial charge < -0.3 is 9.30 Å². The molecule has 0 unspecified atom stereocenters. The Labute approximate surface area is 200 Å². The average Bonchev–Trinajstić information content (AvgIpc) is 3.22. The number of rotatable bonds is 5. The zero-order chi connectivity index (χ0) is 23.5. The summed E-state index contributed by atoms with van der Waals surface area (Å²) in [5.74, 6) is -0.718. The third-order valence-electron chi connectivity index (χ3n) is 5.60. The van der Waals surface area contributed by atoms with Gasteiger partial charge in [0, 0.05) is 10.9 Å². The molecule has 0 aliphatic heterocycles. The van der Waals surface area contributed by atoms with Crippen LogP contribution in [0.1, 0.15) is 17.3 Å². The number of carbonyl (C=O) groups is 2. The third-order valence-corrected chi connectivity index (χ3v) is 6.73. The van der Waals surface area contributed by atoms with Crippen molar-refractivity contribution in [3.8, 4) is 11.1 Å². The number of aromatic nitrogens is 1. The first-order chi connectivity index (χ1) is 16.6. The predicted octanol–water partition coefficient (Wildman–Crippen LogP) is 5.83. The lowest BCUT2D eigenvalue weighted by Gasteiger charge is -2.06. The van der Waals surface area contributed by atoms with Gasteiger partial charge in [0.2, 0.25) is 0 Å². The maximum atomic E-state index is 13.1. The van der Waals surface area contributed by atoms with Gasteiger partial charge in [-0.15, -0.1) is 0 Å². The fourth-order valence-corrected chi connectivity index (χ4v) is 5.12. The number of benzene rings is 4. The van der Waals surface area contributed by atoms with Crippen LogP contribution in [0.4, 0.5) is 0 Å². The van der Waals surface area contributed by atoms with Crippen LogP contribution in [-0.2, 0) is 16.1 Å². The number of amides is 1. The molecular formula is C28H22N2O3S. The second-order valence-electron chi connectivity index (χ2n) is 7.77. The first-order valence-corrected chi connectivity index (χ1v) is 11.9. The van der Waals surface area contributed by atoms with Gasteiger partial charge in [0.15, 0.2) is 4.80 Å². The van der Waals surface area contributed by atoms with Crippen molar-refractivity contribution in [2.45, 2.75) is 13.5 Å². The van der Waals surface area contributed by atoms with Crippen molar-refractivity contribution in [3.05, 3.63) is 101 Å². The van der Waals surface area contributed by atoms with Crippen LogP contribution in [0.3, 0.4) is 0 Å². The molecule has 4 aromatic carbocycles. The van der Waals surface area contributed by atoms with Crippen LogP contribution < -0.4 is 4.80 Å². The van der Waals surface area contributed by atoms with Crippen LogP contribution in [0.2, 0.25) is 0 Å². The molecule has 0 saturated carbocycles. The molecule has 0 fully saturated rings. The molecule has 1 aromatic heterocycles. The summed E-state index contributed by atoms with van der Waals surface area (Å²) in [6, 6.07) is 29.4. The Balaban J connectivity index is 1.58. The molecule has 0 bridgehead atoms. The quantitative estimate of drug-likeness (QED) is 0.306. The van der Waals surface area contributed by atoms with E-state index in [-0.39, 0.29) is 18.4 Å². The third kappa shape index (κ3) is 4.28. The van der Waals surface area contributed by atoms with Crippen molar-refractivity contribution in [1.29, 1.82) is 0 Å². The summed E-state index contributed by atoms with van der Waals surface area (Å²) in [7, 11) is 0. The molecule has 34 heavy (non-hydrogen) atoms. The summed E-state index contributed by atoms with van der Waals surface area (Å²) in [6.07, 6.45) is 0. The molecule has 0 saturated heterocycles. The van der Waals surface area contributed by atoms with Crippen molar-refractivity contribution < 1.29 is 14.3 Å². The first-order valence-electron chi connectivity index (χ1n) is 11.1. The standard InChI is InChI=1S/C28H22N2O3S/c1-2-33-25(31)18-30-24-17-16-21-10-6-7-11-23(21)26(24)34-28(30)29-27(32)22-14-12-20(13-15-22)19-8-4-3-5-9-19/h3-17H,2,18H2,1H3. The van der Waals surface area contributed by atoms with E-state index in [4.69, 9.17) is 4.74 Å². The topological polar surface area (TPSA) is 60.7 Å². The lowest BCUT2D eigenvalue weighted by molar-refractivity contribution is -0.143. The number of fused-ring (bicyclic) bond motifs is 3. The first kappa shape index (κ1) is 21.8. The molecule has 5 aromatic rings. The highest BCUT2D eigenvalue weighted by molar-refractivity contribution is 7.17. The van der Waals surface area contributed by atoms with E-state index in [1.54, 1.807) is 23.6 Å². The van der Waals surface area contributed by atoms with Crippen LogP contribution in [0.15, 0.2) is 96.0 Å². The van der Waals surface area contributed by atoms with Crippen molar-refractivity contribution in [3.63, 3.8) is 0 Å². The Morgan fingerprint density at radius 2 is 1.56 bits per heavy atom. The van der Waals surface area contributed by atoms with E-state index in [0.29, 0.717) is 17.0 Å². The summed E-state index contributed by atoms with van der Waals surface area (Å²) in [5, 5.41) is 2.15. The molecule has 5 rings (SSSR count). The number of ether oxygens (including phenoxy) is 1. The van der Waals surface area contributed by atoms with Gasteiger partial charge in [-0.3, -0.25) is 9.59 Å². The van der Waals surface area contributed by atoms with Gasteiger partial charge in [-0.2, -0.15) is 4.99 Å². The minimum Gasteiger partial charge on any atom is -0.465 e. The van der Waals surface area contributed by atoms with E-state index in [2.05, 4.69) is 4.99 Å². The number of thiazole rings is 1. The highest BCUT2D eigenvalue weighted by Crippen LogP contribution is 2.28. The number of hydrogen-bond acceptors (Lipinski definition) is 4. The summed E-state index contributed by atoms with van der Waals surface area (Å²) in [6.45, 7) is 2.06. The zero-order valence-corrected chi connectivity index (χ0v) is 19.4. The average molecular weight is 467 g/mol. The lowest BCUT2D eigenvalue weighted by atomic mass is 10.0. The monoisotopic (exact) mass is 466 g/mol. The SMILES string of the molecule is CCOC(=O)Cn1c(=NC(=O)c2ccc(-c3ccccc3)cc2)sc2c3ccccc3ccc21. The molecule has 0 aliphatic carbocycles. The molecule has 6 heteroatoms. The van der Waals surface area contributed by atoms with Crippen molar-refractivity contribution in [2.24, 2.45) is 4.99 Å². The van der Waals surface area contributed by atoms with Crippen LogP contribution >= 0.6 is 11.3 Å². The van der Waals surface area contributed by atoms with Crippen LogP contribution in [0.5, 0.6) is 0 Å². The van der Waals surface area contributed by atoms with Crippen molar-refractivity contribution >= 4 is 44.2 Å². The highest BCUT2D eigenvalue weighted by Gasteiger charge is 2.15. The lowest BCUT2D eigenvalue weighted by Crippen LogP contribution is -2.23. The fraction of sp³-hybridized carbons (Fsp3) is 0.107. The van der Waals surface area contributed by atoms with E-state index in [9.17, 15) is 9.59 Å². The number of hydrogen-bond donors (Lipinski definition) is 0. The summed E-state index contributed by atoms with van der Waals surface area (Å²) in [4.78, 5) is 30.3. The normalized spacial score (nSPS) is 11.7. The van der Waals surface area contributed by atoms with Gasteiger partial charge in [0.05, 0.1) is 16.8 Å². The Kier molecular flexibility index (Phi) is 6.06. The largest absolute Gasteiger partial charge is 0.465 e.